The van der Waals surface area contributed by atoms with Crippen molar-refractivity contribution >= 4 is 0 Å². The van der Waals surface area contributed by atoms with Crippen LogP contribution < -0.4 is 16.0 Å². The number of methoxy groups -OCH3 is 1. The van der Waals surface area contributed by atoms with Crippen molar-refractivity contribution in [2.75, 3.05) is 7.11 Å². The first-order chi connectivity index (χ1) is 9.65. The molecule has 0 radical (unpaired) electrons. The lowest BCUT2D eigenvalue weighted by Crippen LogP contribution is -2.30. The van der Waals surface area contributed by atoms with E-state index in [1.165, 1.54) is 25.4 Å². The molecule has 1 atom stereocenters. The van der Waals surface area contributed by atoms with E-state index in [1.54, 1.807) is 12.1 Å². The fourth-order valence-corrected chi connectivity index (χ4v) is 2.00. The molecule has 0 aliphatic rings. The average Bonchev–Trinajstić information content (AvgIpc) is 2.46. The summed E-state index contributed by atoms with van der Waals surface area (Å²) in [6.07, 6.45) is 2.95. The Morgan fingerprint density at radius 1 is 1.30 bits per heavy atom. The number of nitrogens with one attached hydrogen (secondary N) is 1. The highest BCUT2D eigenvalue weighted by Gasteiger charge is 2.16. The third-order valence-corrected chi connectivity index (χ3v) is 3.04. The van der Waals surface area contributed by atoms with Crippen LogP contribution in [0.5, 0.6) is 5.75 Å². The van der Waals surface area contributed by atoms with Crippen molar-refractivity contribution in [1.82, 2.24) is 10.4 Å². The summed E-state index contributed by atoms with van der Waals surface area (Å²) in [6.45, 7) is 0. The Morgan fingerprint density at radius 2 is 2.10 bits per heavy atom. The molecule has 0 fully saturated rings. The van der Waals surface area contributed by atoms with E-state index in [1.807, 2.05) is 0 Å². The lowest BCUT2D eigenvalue weighted by molar-refractivity contribution is 0.386. The molecule has 2 aromatic rings. The molecule has 0 saturated carbocycles. The van der Waals surface area contributed by atoms with Gasteiger partial charge in [0.2, 0.25) is 0 Å². The molecule has 0 bridgehead atoms. The van der Waals surface area contributed by atoms with Gasteiger partial charge in [0.25, 0.3) is 0 Å². The van der Waals surface area contributed by atoms with Crippen LogP contribution in [0.4, 0.5) is 8.78 Å². The summed E-state index contributed by atoms with van der Waals surface area (Å²) in [5.74, 6) is 4.71. The van der Waals surface area contributed by atoms with Crippen LogP contribution in [0.1, 0.15) is 17.2 Å². The first-order valence-electron chi connectivity index (χ1n) is 6.03. The highest BCUT2D eigenvalue weighted by atomic mass is 19.1. The van der Waals surface area contributed by atoms with Crippen LogP contribution in [-0.4, -0.2) is 12.1 Å². The Labute approximate surface area is 115 Å². The summed E-state index contributed by atoms with van der Waals surface area (Å²) in [5, 5.41) is 0. The average molecular weight is 279 g/mol. The second-order valence-corrected chi connectivity index (χ2v) is 4.29. The summed E-state index contributed by atoms with van der Waals surface area (Å²) in [4.78, 5) is 3.69. The van der Waals surface area contributed by atoms with Crippen LogP contribution in [0, 0.1) is 11.6 Å². The minimum absolute atomic E-state index is 0.168. The predicted molar refractivity (Wildman–Crippen MR) is 70.9 cm³/mol. The van der Waals surface area contributed by atoms with Crippen molar-refractivity contribution < 1.29 is 13.5 Å². The SMILES string of the molecule is COc1ccc(CC(NN)c2ccncc2F)cc1F. The topological polar surface area (TPSA) is 60.2 Å². The lowest BCUT2D eigenvalue weighted by Gasteiger charge is -2.17. The summed E-state index contributed by atoms with van der Waals surface area (Å²) in [6, 6.07) is 5.67. The quantitative estimate of drug-likeness (QED) is 0.650. The van der Waals surface area contributed by atoms with Gasteiger partial charge in [0.15, 0.2) is 11.6 Å². The van der Waals surface area contributed by atoms with E-state index in [-0.39, 0.29) is 5.75 Å². The fourth-order valence-electron chi connectivity index (χ4n) is 2.00. The lowest BCUT2D eigenvalue weighted by atomic mass is 10.00. The largest absolute Gasteiger partial charge is 0.494 e. The number of hydrogen-bond acceptors (Lipinski definition) is 4. The summed E-state index contributed by atoms with van der Waals surface area (Å²) < 4.78 is 32.2. The third kappa shape index (κ3) is 3.09. The van der Waals surface area contributed by atoms with Crippen molar-refractivity contribution in [1.29, 1.82) is 0 Å². The van der Waals surface area contributed by atoms with Gasteiger partial charge in [-0.3, -0.25) is 16.3 Å². The van der Waals surface area contributed by atoms with Crippen molar-refractivity contribution in [3.8, 4) is 5.75 Å². The van der Waals surface area contributed by atoms with E-state index in [2.05, 4.69) is 10.4 Å². The van der Waals surface area contributed by atoms with Gasteiger partial charge in [0, 0.05) is 11.8 Å². The predicted octanol–water partition coefficient (Wildman–Crippen LogP) is 2.12. The van der Waals surface area contributed by atoms with Gasteiger partial charge in [0.05, 0.1) is 19.3 Å². The number of pyridine rings is 1. The molecule has 0 spiro atoms. The first kappa shape index (κ1) is 14.4. The van der Waals surface area contributed by atoms with Crippen molar-refractivity contribution in [3.63, 3.8) is 0 Å². The maximum absolute atomic E-state index is 13.7. The number of rotatable bonds is 5. The summed E-state index contributed by atoms with van der Waals surface area (Å²) in [5.41, 5.74) is 3.60. The minimum Gasteiger partial charge on any atom is -0.494 e. The Kier molecular flexibility index (Phi) is 4.60. The molecule has 0 aliphatic heterocycles. The zero-order valence-electron chi connectivity index (χ0n) is 10.9. The number of ether oxygens (including phenoxy) is 1. The van der Waals surface area contributed by atoms with Gasteiger partial charge in [-0.2, -0.15) is 0 Å². The van der Waals surface area contributed by atoms with Gasteiger partial charge < -0.3 is 4.74 Å². The van der Waals surface area contributed by atoms with Crippen LogP contribution in [-0.2, 0) is 6.42 Å². The molecule has 6 heteroatoms. The van der Waals surface area contributed by atoms with E-state index >= 15 is 0 Å². The standard InChI is InChI=1S/C14H15F2N3O/c1-20-14-3-2-9(6-11(14)15)7-13(19-17)10-4-5-18-8-12(10)16/h2-6,8,13,19H,7,17H2,1H3. The van der Waals surface area contributed by atoms with Crippen LogP contribution in [0.15, 0.2) is 36.7 Å². The molecule has 20 heavy (non-hydrogen) atoms. The number of nitrogens with zero attached hydrogens (tertiary/aromatic N) is 1. The van der Waals surface area contributed by atoms with Gasteiger partial charge in [-0.25, -0.2) is 8.78 Å². The molecular weight excluding hydrogens is 264 g/mol. The first-order valence-corrected chi connectivity index (χ1v) is 6.03. The molecule has 1 aromatic carbocycles. The van der Waals surface area contributed by atoms with Crippen LogP contribution in [0.25, 0.3) is 0 Å². The molecule has 4 nitrogen and oxygen atoms in total. The smallest absolute Gasteiger partial charge is 0.165 e. The number of hydrogen-bond donors (Lipinski definition) is 2. The van der Waals surface area contributed by atoms with Crippen molar-refractivity contribution in [2.24, 2.45) is 5.84 Å². The van der Waals surface area contributed by atoms with Gasteiger partial charge in [0.1, 0.15) is 5.82 Å². The number of halogens is 2. The van der Waals surface area contributed by atoms with Gasteiger partial charge >= 0.3 is 0 Å². The summed E-state index contributed by atoms with van der Waals surface area (Å²) >= 11 is 0. The molecule has 3 N–H and O–H groups in total. The second kappa shape index (κ2) is 6.40. The van der Waals surface area contributed by atoms with Crippen molar-refractivity contribution in [2.45, 2.75) is 12.5 Å². The number of hydrazine groups is 1. The molecule has 1 heterocycles. The number of aromatic nitrogens is 1. The summed E-state index contributed by atoms with van der Waals surface area (Å²) in [7, 11) is 1.40. The van der Waals surface area contributed by atoms with Crippen molar-refractivity contribution in [3.05, 3.63) is 59.4 Å². The highest BCUT2D eigenvalue weighted by molar-refractivity contribution is 5.31. The zero-order valence-corrected chi connectivity index (χ0v) is 10.9. The minimum atomic E-state index is -0.467. The maximum Gasteiger partial charge on any atom is 0.165 e. The molecule has 1 aromatic heterocycles. The van der Waals surface area contributed by atoms with Gasteiger partial charge in [-0.05, 0) is 30.2 Å². The van der Waals surface area contributed by atoms with Gasteiger partial charge in [-0.15, -0.1) is 0 Å². The molecule has 1 unspecified atom stereocenters. The number of benzene rings is 1. The van der Waals surface area contributed by atoms with Crippen LogP contribution in [0.2, 0.25) is 0 Å². The normalized spacial score (nSPS) is 12.2. The molecule has 106 valence electrons. The van der Waals surface area contributed by atoms with E-state index in [0.29, 0.717) is 17.5 Å². The second-order valence-electron chi connectivity index (χ2n) is 4.29. The van der Waals surface area contributed by atoms with E-state index in [4.69, 9.17) is 10.6 Å². The maximum atomic E-state index is 13.7. The van der Waals surface area contributed by atoms with E-state index < -0.39 is 17.7 Å². The monoisotopic (exact) mass is 279 g/mol. The molecule has 2 rings (SSSR count). The zero-order chi connectivity index (χ0) is 14.5. The highest BCUT2D eigenvalue weighted by Crippen LogP contribution is 2.23. The van der Waals surface area contributed by atoms with Crippen LogP contribution in [0.3, 0.4) is 0 Å². The Morgan fingerprint density at radius 3 is 2.70 bits per heavy atom. The van der Waals surface area contributed by atoms with E-state index in [9.17, 15) is 8.78 Å². The van der Waals surface area contributed by atoms with E-state index in [0.717, 1.165) is 6.20 Å². The Balaban J connectivity index is 2.23. The molecule has 0 saturated heterocycles. The van der Waals surface area contributed by atoms with Gasteiger partial charge in [-0.1, -0.05) is 6.07 Å². The third-order valence-electron chi connectivity index (χ3n) is 3.04. The van der Waals surface area contributed by atoms with Crippen LogP contribution >= 0.6 is 0 Å². The Hall–Kier alpha value is -2.05. The molecular formula is C14H15F2N3O. The fraction of sp³-hybridized carbons (Fsp3) is 0.214. The number of nitrogens with two attached hydrogens (primary N) is 1. The molecule has 0 aliphatic carbocycles. The molecule has 0 amide bonds. The Bertz CT molecular complexity index is 592.